The molecule has 2 N–H and O–H groups in total. The first kappa shape index (κ1) is 35.7. The number of amides is 1. The molecule has 1 amide bonds. The number of halogens is 7. The van der Waals surface area contributed by atoms with Gasteiger partial charge in [0.05, 0.1) is 34.0 Å². The van der Waals surface area contributed by atoms with E-state index in [1.807, 2.05) is 4.90 Å². The molecular formula is C35H32F7N7O2S. The molecule has 3 saturated heterocycles. The molecule has 0 spiro atoms. The predicted octanol–water partition coefficient (Wildman–Crippen LogP) is 6.78. The number of likely N-dealkylation sites (tertiary alicyclic amines) is 1. The first-order valence-corrected chi connectivity index (χ1v) is 17.4. The summed E-state index contributed by atoms with van der Waals surface area (Å²) in [5.74, 6) is -3.17. The quantitative estimate of drug-likeness (QED) is 0.155. The summed E-state index contributed by atoms with van der Waals surface area (Å²) >= 11 is 0.641. The second-order valence-electron chi connectivity index (χ2n) is 13.3. The molecule has 4 atom stereocenters. The number of hydrogen-bond acceptors (Lipinski definition) is 9. The van der Waals surface area contributed by atoms with Crippen LogP contribution in [0.2, 0.25) is 0 Å². The summed E-state index contributed by atoms with van der Waals surface area (Å²) in [4.78, 5) is 25.6. The highest BCUT2D eigenvalue weighted by molar-refractivity contribution is 7.23. The van der Waals surface area contributed by atoms with Crippen molar-refractivity contribution in [3.05, 3.63) is 53.6 Å². The molecule has 0 aliphatic carbocycles. The largest absolute Gasteiger partial charge is 0.461 e. The second kappa shape index (κ2) is 13.1. The Kier molecular flexibility index (Phi) is 8.97. The van der Waals surface area contributed by atoms with Crippen LogP contribution < -0.4 is 15.4 Å². The van der Waals surface area contributed by atoms with Crippen molar-refractivity contribution in [3.63, 3.8) is 0 Å². The smallest absolute Gasteiger partial charge is 0.417 e. The van der Waals surface area contributed by atoms with Gasteiger partial charge in [0.2, 0.25) is 5.91 Å². The number of alkyl halides is 5. The van der Waals surface area contributed by atoms with E-state index in [4.69, 9.17) is 10.5 Å². The summed E-state index contributed by atoms with van der Waals surface area (Å²) in [7, 11) is 0. The van der Waals surface area contributed by atoms with Gasteiger partial charge in [-0.3, -0.25) is 9.69 Å². The average molecular weight is 748 g/mol. The maximum Gasteiger partial charge on any atom is 0.417 e. The predicted molar refractivity (Wildman–Crippen MR) is 181 cm³/mol. The van der Waals surface area contributed by atoms with Crippen LogP contribution in [-0.4, -0.2) is 88.9 Å². The molecule has 52 heavy (non-hydrogen) atoms. The number of nitrogen functional groups attached to an aromatic ring is 1. The Balaban J connectivity index is 1.47. The van der Waals surface area contributed by atoms with Gasteiger partial charge in [-0.15, -0.1) is 11.3 Å². The summed E-state index contributed by atoms with van der Waals surface area (Å²) in [5, 5.41) is 8.94. The Hall–Kier alpha value is -4.69. The van der Waals surface area contributed by atoms with E-state index in [9.17, 15) is 18.8 Å². The molecule has 5 heterocycles. The van der Waals surface area contributed by atoms with E-state index in [-0.39, 0.29) is 65.7 Å². The van der Waals surface area contributed by atoms with Crippen molar-refractivity contribution in [2.45, 2.75) is 56.3 Å². The Labute approximate surface area is 297 Å². The number of carbonyl (C=O) groups is 1. The lowest BCUT2D eigenvalue weighted by atomic mass is 9.92. The molecule has 3 fully saturated rings. The number of hydrogen-bond donors (Lipinski definition) is 1. The van der Waals surface area contributed by atoms with Crippen molar-refractivity contribution in [2.75, 3.05) is 50.0 Å². The number of benzene rings is 2. The average Bonchev–Trinajstić information content (AvgIpc) is 3.85. The first-order valence-electron chi connectivity index (χ1n) is 16.6. The van der Waals surface area contributed by atoms with Gasteiger partial charge in [-0.2, -0.15) is 28.4 Å². The van der Waals surface area contributed by atoms with Crippen LogP contribution >= 0.6 is 11.3 Å². The topological polar surface area (TPSA) is 112 Å². The zero-order valence-corrected chi connectivity index (χ0v) is 28.6. The maximum absolute atomic E-state index is 17.2. The van der Waals surface area contributed by atoms with Gasteiger partial charge in [0.25, 0.3) is 0 Å². The van der Waals surface area contributed by atoms with Crippen LogP contribution in [0.15, 0.2) is 30.9 Å². The molecule has 0 saturated carbocycles. The van der Waals surface area contributed by atoms with Gasteiger partial charge < -0.3 is 20.3 Å². The number of carbonyl (C=O) groups excluding carboxylic acids is 1. The molecule has 0 radical (unpaired) electrons. The number of nitriles is 1. The van der Waals surface area contributed by atoms with E-state index in [0.717, 1.165) is 24.6 Å². The van der Waals surface area contributed by atoms with Crippen LogP contribution in [0.3, 0.4) is 0 Å². The number of nitrogens with two attached hydrogens (primary N) is 1. The van der Waals surface area contributed by atoms with Crippen LogP contribution in [0.5, 0.6) is 6.01 Å². The van der Waals surface area contributed by atoms with Gasteiger partial charge in [-0.05, 0) is 50.1 Å². The third-order valence-electron chi connectivity index (χ3n) is 10.3. The van der Waals surface area contributed by atoms with Gasteiger partial charge in [0.1, 0.15) is 47.2 Å². The fraction of sp³-hybridized carbons (Fsp3) is 0.429. The van der Waals surface area contributed by atoms with E-state index in [1.165, 1.54) is 9.80 Å². The second-order valence-corrected chi connectivity index (χ2v) is 14.3. The van der Waals surface area contributed by atoms with Gasteiger partial charge in [0.15, 0.2) is 5.82 Å². The van der Waals surface area contributed by atoms with E-state index in [0.29, 0.717) is 30.4 Å². The summed E-state index contributed by atoms with van der Waals surface area (Å²) in [6.07, 6.45) is -5.40. The molecule has 9 nitrogen and oxygen atoms in total. The Morgan fingerprint density at radius 2 is 2.02 bits per heavy atom. The van der Waals surface area contributed by atoms with E-state index >= 15 is 22.0 Å². The lowest BCUT2D eigenvalue weighted by Crippen LogP contribution is -2.44. The van der Waals surface area contributed by atoms with Crippen LogP contribution in [-0.2, 0) is 11.0 Å². The summed E-state index contributed by atoms with van der Waals surface area (Å²) in [5.41, 5.74) is 1.37. The molecule has 4 aromatic rings. The lowest BCUT2D eigenvalue weighted by Gasteiger charge is -2.32. The van der Waals surface area contributed by atoms with E-state index < -0.39 is 81.2 Å². The number of ether oxygens (including phenoxy) is 1. The number of thiophene rings is 1. The van der Waals surface area contributed by atoms with Gasteiger partial charge in [0, 0.05) is 42.4 Å². The van der Waals surface area contributed by atoms with Crippen molar-refractivity contribution >= 4 is 49.1 Å². The van der Waals surface area contributed by atoms with Crippen molar-refractivity contribution in [1.29, 1.82) is 5.26 Å². The summed E-state index contributed by atoms with van der Waals surface area (Å²) < 4.78 is 113. The van der Waals surface area contributed by atoms with Crippen LogP contribution in [0, 0.1) is 23.0 Å². The fourth-order valence-electron chi connectivity index (χ4n) is 8.01. The number of anilines is 2. The van der Waals surface area contributed by atoms with Gasteiger partial charge >= 0.3 is 12.2 Å². The Morgan fingerprint density at radius 1 is 1.25 bits per heavy atom. The number of aromatic nitrogens is 2. The van der Waals surface area contributed by atoms with E-state index in [1.54, 1.807) is 13.0 Å². The summed E-state index contributed by atoms with van der Waals surface area (Å²) in [6.45, 7) is 5.26. The molecule has 7 rings (SSSR count). The zero-order valence-electron chi connectivity index (χ0n) is 27.7. The van der Waals surface area contributed by atoms with Gasteiger partial charge in [-0.1, -0.05) is 12.6 Å². The third-order valence-corrected chi connectivity index (χ3v) is 11.4. The van der Waals surface area contributed by atoms with Crippen molar-refractivity contribution in [3.8, 4) is 23.2 Å². The minimum absolute atomic E-state index is 0.0307. The zero-order chi connectivity index (χ0) is 37.3. The number of nitrogens with zero attached hydrogens (tertiary/aromatic N) is 6. The SMILES string of the molecule is C=CC(=O)N1CC(F)C(N(CC)c2nc(OCC34CCCN3CC(F)C4)nc3c(F)c(-c4ccc(F)c5sc(N)c(C#N)c45)c(C(F)(F)F)cc23)C1. The summed E-state index contributed by atoms with van der Waals surface area (Å²) in [6, 6.07) is 2.69. The van der Waals surface area contributed by atoms with Crippen molar-refractivity contribution in [1.82, 2.24) is 19.8 Å². The van der Waals surface area contributed by atoms with Crippen LogP contribution in [0.4, 0.5) is 41.6 Å². The molecule has 3 aliphatic rings. The number of rotatable bonds is 8. The maximum atomic E-state index is 17.2. The normalized spacial score (nSPS) is 23.4. The molecule has 2 aromatic heterocycles. The third kappa shape index (κ3) is 5.76. The van der Waals surface area contributed by atoms with Crippen molar-refractivity contribution in [2.24, 2.45) is 0 Å². The van der Waals surface area contributed by atoms with Gasteiger partial charge in [-0.25, -0.2) is 17.6 Å². The first-order chi connectivity index (χ1) is 24.7. The molecule has 3 aliphatic heterocycles. The fourth-order valence-corrected chi connectivity index (χ4v) is 8.96. The highest BCUT2D eigenvalue weighted by Gasteiger charge is 2.50. The molecule has 17 heteroatoms. The highest BCUT2D eigenvalue weighted by atomic mass is 32.1. The molecule has 4 unspecified atom stereocenters. The number of fused-ring (bicyclic) bond motifs is 3. The number of likely N-dealkylation sites (N-methyl/N-ethyl adjacent to an activating group) is 1. The Bertz CT molecular complexity index is 2150. The minimum atomic E-state index is -5.21. The van der Waals surface area contributed by atoms with Crippen LogP contribution in [0.1, 0.15) is 37.3 Å². The molecule has 274 valence electrons. The monoisotopic (exact) mass is 747 g/mol. The lowest BCUT2D eigenvalue weighted by molar-refractivity contribution is -0.137. The highest BCUT2D eigenvalue weighted by Crippen LogP contribution is 2.48. The minimum Gasteiger partial charge on any atom is -0.461 e. The standard InChI is InChI=1S/C35H32F7N7O2S/c1-3-25(50)47-14-23(38)24(15-47)49(4-2)32-19-10-21(35(40,41)42)27(18-6-7-22(37)30-26(18)20(12-43)31(44)52-30)28(39)29(19)45-33(46-32)51-16-34-8-5-9-48(34)13-17(36)11-34/h3,6-7,10,17,23-24H,1,4-5,8-9,11,13-16,44H2,2H3. The molecular weight excluding hydrogens is 715 g/mol. The molecule has 0 bridgehead atoms. The van der Waals surface area contributed by atoms with Crippen LogP contribution in [0.25, 0.3) is 32.1 Å². The van der Waals surface area contributed by atoms with Crippen molar-refractivity contribution < 1.29 is 40.3 Å². The Morgan fingerprint density at radius 3 is 2.71 bits per heavy atom. The van der Waals surface area contributed by atoms with E-state index in [2.05, 4.69) is 16.5 Å². The molecule has 2 aromatic carbocycles.